The van der Waals surface area contributed by atoms with Gasteiger partial charge in [-0.25, -0.2) is 0 Å². The number of nitrogens with one attached hydrogen (secondary N) is 1. The van der Waals surface area contributed by atoms with Crippen molar-refractivity contribution < 1.29 is 4.74 Å². The lowest BCUT2D eigenvalue weighted by atomic mass is 9.92. The third kappa shape index (κ3) is 3.98. The van der Waals surface area contributed by atoms with E-state index in [1.807, 2.05) is 19.2 Å². The van der Waals surface area contributed by atoms with Crippen LogP contribution in [-0.2, 0) is 11.2 Å². The zero-order chi connectivity index (χ0) is 12.8. The highest BCUT2D eigenvalue weighted by Gasteiger charge is 2.23. The van der Waals surface area contributed by atoms with E-state index in [4.69, 9.17) is 16.3 Å². The summed E-state index contributed by atoms with van der Waals surface area (Å²) in [6, 6.07) is 8.62. The van der Waals surface area contributed by atoms with Gasteiger partial charge in [0.1, 0.15) is 0 Å². The molecule has 2 nitrogen and oxygen atoms in total. The molecule has 0 aromatic heterocycles. The summed E-state index contributed by atoms with van der Waals surface area (Å²) in [4.78, 5) is 0. The molecule has 0 spiro atoms. The third-order valence-corrected chi connectivity index (χ3v) is 3.99. The number of ether oxygens (including phenoxy) is 1. The molecule has 0 unspecified atom stereocenters. The molecule has 1 aromatic carbocycles. The second-order valence-electron chi connectivity index (χ2n) is 5.00. The maximum atomic E-state index is 5.87. The van der Waals surface area contributed by atoms with Gasteiger partial charge in [0.25, 0.3) is 0 Å². The summed E-state index contributed by atoms with van der Waals surface area (Å²) in [7, 11) is 1.82. The van der Waals surface area contributed by atoms with E-state index in [0.717, 1.165) is 18.0 Å². The van der Waals surface area contributed by atoms with E-state index in [1.165, 1.54) is 31.2 Å². The molecule has 0 aliphatic heterocycles. The van der Waals surface area contributed by atoms with Crippen molar-refractivity contribution in [1.82, 2.24) is 5.32 Å². The van der Waals surface area contributed by atoms with E-state index in [-0.39, 0.29) is 0 Å². The Kier molecular flexibility index (Phi) is 5.48. The van der Waals surface area contributed by atoms with Crippen molar-refractivity contribution in [3.8, 4) is 0 Å². The van der Waals surface area contributed by atoms with Crippen LogP contribution in [0, 0.1) is 0 Å². The van der Waals surface area contributed by atoms with Crippen LogP contribution >= 0.6 is 11.6 Å². The van der Waals surface area contributed by atoms with Crippen molar-refractivity contribution in [1.29, 1.82) is 0 Å². The molecule has 0 amide bonds. The number of hydrogen-bond donors (Lipinski definition) is 1. The zero-order valence-corrected chi connectivity index (χ0v) is 11.7. The van der Waals surface area contributed by atoms with E-state index < -0.39 is 0 Å². The average molecular weight is 268 g/mol. The van der Waals surface area contributed by atoms with Gasteiger partial charge in [-0.05, 0) is 43.5 Å². The zero-order valence-electron chi connectivity index (χ0n) is 11.0. The molecule has 1 saturated carbocycles. The highest BCUT2D eigenvalue weighted by molar-refractivity contribution is 6.30. The van der Waals surface area contributed by atoms with Crippen LogP contribution in [0.1, 0.15) is 31.2 Å². The van der Waals surface area contributed by atoms with Gasteiger partial charge < -0.3 is 10.1 Å². The second kappa shape index (κ2) is 7.13. The van der Waals surface area contributed by atoms with E-state index in [9.17, 15) is 0 Å². The van der Waals surface area contributed by atoms with Crippen molar-refractivity contribution in [2.24, 2.45) is 0 Å². The number of rotatable bonds is 5. The van der Waals surface area contributed by atoms with E-state index >= 15 is 0 Å². The summed E-state index contributed by atoms with van der Waals surface area (Å²) >= 11 is 5.87. The number of halogens is 1. The molecule has 100 valence electrons. The topological polar surface area (TPSA) is 21.3 Å². The van der Waals surface area contributed by atoms with Crippen LogP contribution in [0.2, 0.25) is 5.02 Å². The van der Waals surface area contributed by atoms with Crippen molar-refractivity contribution in [3.05, 3.63) is 34.9 Å². The minimum absolute atomic E-state index is 0.393. The molecular weight excluding hydrogens is 246 g/mol. The minimum Gasteiger partial charge on any atom is -0.380 e. The molecular formula is C15H22ClNO. The van der Waals surface area contributed by atoms with Gasteiger partial charge >= 0.3 is 0 Å². The maximum absolute atomic E-state index is 5.87. The molecule has 0 heterocycles. The molecule has 1 aliphatic carbocycles. The van der Waals surface area contributed by atoms with Crippen LogP contribution in [0.5, 0.6) is 0 Å². The Morgan fingerprint density at radius 3 is 2.67 bits per heavy atom. The summed E-state index contributed by atoms with van der Waals surface area (Å²) in [5.41, 5.74) is 1.33. The van der Waals surface area contributed by atoms with Gasteiger partial charge in [0.2, 0.25) is 0 Å². The van der Waals surface area contributed by atoms with Crippen LogP contribution in [-0.4, -0.2) is 25.8 Å². The van der Waals surface area contributed by atoms with Crippen LogP contribution in [0.3, 0.4) is 0 Å². The first-order valence-electron chi connectivity index (χ1n) is 6.80. The number of benzene rings is 1. The molecule has 1 fully saturated rings. The lowest BCUT2D eigenvalue weighted by Gasteiger charge is -2.31. The van der Waals surface area contributed by atoms with Crippen molar-refractivity contribution in [2.75, 3.05) is 13.7 Å². The summed E-state index contributed by atoms with van der Waals surface area (Å²) in [5.74, 6) is 0. The smallest absolute Gasteiger partial charge is 0.0724 e. The van der Waals surface area contributed by atoms with Crippen molar-refractivity contribution in [2.45, 2.75) is 44.2 Å². The SMILES string of the molecule is CO[C@H]1CCCC[C@@H]1NCCc1ccc(Cl)cc1. The molecule has 2 rings (SSSR count). The van der Waals surface area contributed by atoms with Crippen molar-refractivity contribution >= 4 is 11.6 Å². The lowest BCUT2D eigenvalue weighted by Crippen LogP contribution is -2.43. The Morgan fingerprint density at radius 2 is 1.94 bits per heavy atom. The fourth-order valence-corrected chi connectivity index (χ4v) is 2.79. The molecule has 1 aliphatic rings. The molecule has 1 aromatic rings. The Labute approximate surface area is 115 Å². The first-order chi connectivity index (χ1) is 8.79. The Hall–Kier alpha value is -0.570. The van der Waals surface area contributed by atoms with Crippen LogP contribution in [0.4, 0.5) is 0 Å². The molecule has 0 bridgehead atoms. The van der Waals surface area contributed by atoms with Gasteiger partial charge in [-0.2, -0.15) is 0 Å². The highest BCUT2D eigenvalue weighted by Crippen LogP contribution is 2.20. The normalized spacial score (nSPS) is 24.1. The van der Waals surface area contributed by atoms with Gasteiger partial charge in [-0.1, -0.05) is 36.6 Å². The summed E-state index contributed by atoms with van der Waals surface area (Å²) < 4.78 is 5.54. The fourth-order valence-electron chi connectivity index (χ4n) is 2.67. The fraction of sp³-hybridized carbons (Fsp3) is 0.600. The molecule has 1 N–H and O–H groups in total. The van der Waals surface area contributed by atoms with E-state index in [1.54, 1.807) is 0 Å². The van der Waals surface area contributed by atoms with Gasteiger partial charge in [0, 0.05) is 18.2 Å². The van der Waals surface area contributed by atoms with Crippen LogP contribution < -0.4 is 5.32 Å². The quantitative estimate of drug-likeness (QED) is 0.883. The van der Waals surface area contributed by atoms with Gasteiger partial charge in [0.15, 0.2) is 0 Å². The number of methoxy groups -OCH3 is 1. The van der Waals surface area contributed by atoms with Crippen LogP contribution in [0.25, 0.3) is 0 Å². The first kappa shape index (κ1) is 13.9. The first-order valence-corrected chi connectivity index (χ1v) is 7.18. The summed E-state index contributed by atoms with van der Waals surface area (Å²) in [6.07, 6.45) is 6.48. The number of hydrogen-bond acceptors (Lipinski definition) is 2. The molecule has 2 atom stereocenters. The van der Waals surface area contributed by atoms with Gasteiger partial charge in [-0.3, -0.25) is 0 Å². The molecule has 0 radical (unpaired) electrons. The predicted octanol–water partition coefficient (Wildman–Crippen LogP) is 3.43. The molecule has 18 heavy (non-hydrogen) atoms. The van der Waals surface area contributed by atoms with Gasteiger partial charge in [0.05, 0.1) is 6.10 Å². The maximum Gasteiger partial charge on any atom is 0.0724 e. The standard InChI is InChI=1S/C15H22ClNO/c1-18-15-5-3-2-4-14(15)17-11-10-12-6-8-13(16)9-7-12/h6-9,14-15,17H,2-5,10-11H2,1H3/t14-,15-/m0/s1. The monoisotopic (exact) mass is 267 g/mol. The Morgan fingerprint density at radius 1 is 1.22 bits per heavy atom. The second-order valence-corrected chi connectivity index (χ2v) is 5.43. The highest BCUT2D eigenvalue weighted by atomic mass is 35.5. The predicted molar refractivity (Wildman–Crippen MR) is 76.2 cm³/mol. The van der Waals surface area contributed by atoms with E-state index in [0.29, 0.717) is 12.1 Å². The summed E-state index contributed by atoms with van der Waals surface area (Å²) in [6.45, 7) is 1.01. The lowest BCUT2D eigenvalue weighted by molar-refractivity contribution is 0.0421. The largest absolute Gasteiger partial charge is 0.380 e. The summed E-state index contributed by atoms with van der Waals surface area (Å²) in [5, 5.41) is 4.43. The molecule has 3 heteroatoms. The minimum atomic E-state index is 0.393. The Bertz CT molecular complexity index is 352. The average Bonchev–Trinajstić information content (AvgIpc) is 2.41. The Balaban J connectivity index is 1.75. The van der Waals surface area contributed by atoms with Crippen LogP contribution in [0.15, 0.2) is 24.3 Å². The van der Waals surface area contributed by atoms with Crippen molar-refractivity contribution in [3.63, 3.8) is 0 Å². The van der Waals surface area contributed by atoms with E-state index in [2.05, 4.69) is 17.4 Å². The third-order valence-electron chi connectivity index (χ3n) is 3.74. The molecule has 0 saturated heterocycles. The van der Waals surface area contributed by atoms with Gasteiger partial charge in [-0.15, -0.1) is 0 Å².